The average Bonchev–Trinajstić information content (AvgIpc) is 3.12. The van der Waals surface area contributed by atoms with Gasteiger partial charge in [-0.2, -0.15) is 0 Å². The van der Waals surface area contributed by atoms with Gasteiger partial charge in [0.05, 0.1) is 31.2 Å². The van der Waals surface area contributed by atoms with Crippen LogP contribution in [-0.2, 0) is 24.8 Å². The standard InChI is InChI=1S/C41H55N5O5/c1-9-11-36(44(6)40(48)51-41(2,3)4)30-15-13-29(14-16-30)12-10-19-45-20-22-46(23-21-45)28-35-37(49-7)24-31(25-38(35)50-8)34-27-43(5)39(47)33-26-42-18-17-32(33)34/h13-18,24-27,36H,9-12,19-23,28H2,1-8H3. The highest BCUT2D eigenvalue weighted by atomic mass is 16.6. The maximum Gasteiger partial charge on any atom is 0.410 e. The monoisotopic (exact) mass is 697 g/mol. The van der Waals surface area contributed by atoms with Gasteiger partial charge in [-0.15, -0.1) is 0 Å². The van der Waals surface area contributed by atoms with Crippen LogP contribution >= 0.6 is 0 Å². The van der Waals surface area contributed by atoms with Crippen molar-refractivity contribution in [1.82, 2.24) is 24.3 Å². The van der Waals surface area contributed by atoms with Crippen LogP contribution in [-0.4, -0.2) is 89.9 Å². The molecule has 1 aliphatic heterocycles. The van der Waals surface area contributed by atoms with Gasteiger partial charge in [0, 0.05) is 71.0 Å². The lowest BCUT2D eigenvalue weighted by Crippen LogP contribution is -2.46. The van der Waals surface area contributed by atoms with Crippen molar-refractivity contribution in [2.45, 2.75) is 71.6 Å². The molecule has 1 fully saturated rings. The van der Waals surface area contributed by atoms with E-state index < -0.39 is 5.60 Å². The van der Waals surface area contributed by atoms with Crippen LogP contribution in [0.5, 0.6) is 11.5 Å². The molecule has 0 spiro atoms. The number of nitrogens with zero attached hydrogens (tertiary/aromatic N) is 5. The third kappa shape index (κ3) is 9.28. The summed E-state index contributed by atoms with van der Waals surface area (Å²) in [4.78, 5) is 36.4. The third-order valence-corrected chi connectivity index (χ3v) is 9.77. The van der Waals surface area contributed by atoms with Gasteiger partial charge in [-0.3, -0.25) is 14.7 Å². The van der Waals surface area contributed by atoms with Crippen LogP contribution in [0.25, 0.3) is 21.9 Å². The summed E-state index contributed by atoms with van der Waals surface area (Å²) >= 11 is 0. The molecule has 51 heavy (non-hydrogen) atoms. The van der Waals surface area contributed by atoms with Crippen molar-refractivity contribution in [3.05, 3.63) is 88.1 Å². The van der Waals surface area contributed by atoms with E-state index in [4.69, 9.17) is 14.2 Å². The average molecular weight is 698 g/mol. The maximum atomic E-state index is 12.8. The SMILES string of the molecule is CCCC(c1ccc(CCCN2CCN(Cc3c(OC)cc(-c4cn(C)c(=O)c5cnccc45)cc3OC)CC2)cc1)N(C)C(=O)OC(C)(C)C. The van der Waals surface area contributed by atoms with Crippen molar-refractivity contribution in [3.63, 3.8) is 0 Å². The van der Waals surface area contributed by atoms with Crippen molar-refractivity contribution < 1.29 is 19.0 Å². The summed E-state index contributed by atoms with van der Waals surface area (Å²) < 4.78 is 19.1. The molecule has 1 unspecified atom stereocenters. The number of aromatic nitrogens is 2. The summed E-state index contributed by atoms with van der Waals surface area (Å²) in [7, 11) is 6.99. The van der Waals surface area contributed by atoms with Gasteiger partial charge in [-0.1, -0.05) is 37.6 Å². The van der Waals surface area contributed by atoms with Gasteiger partial charge < -0.3 is 28.6 Å². The van der Waals surface area contributed by atoms with Gasteiger partial charge in [-0.25, -0.2) is 4.79 Å². The molecule has 2 aromatic heterocycles. The Kier molecular flexibility index (Phi) is 12.4. The number of hydrogen-bond donors (Lipinski definition) is 0. The summed E-state index contributed by atoms with van der Waals surface area (Å²) in [5.74, 6) is 1.54. The van der Waals surface area contributed by atoms with Crippen LogP contribution in [0.4, 0.5) is 4.79 Å². The third-order valence-electron chi connectivity index (χ3n) is 9.77. The minimum absolute atomic E-state index is 0.00779. The Morgan fingerprint density at radius 2 is 1.61 bits per heavy atom. The van der Waals surface area contributed by atoms with Gasteiger partial charge in [-0.05, 0) is 86.9 Å². The predicted molar refractivity (Wildman–Crippen MR) is 204 cm³/mol. The Hall–Kier alpha value is -4.41. The Morgan fingerprint density at radius 3 is 2.22 bits per heavy atom. The first-order valence-electron chi connectivity index (χ1n) is 18.1. The number of benzene rings is 2. The lowest BCUT2D eigenvalue weighted by molar-refractivity contribution is 0.0211. The van der Waals surface area contributed by atoms with Crippen molar-refractivity contribution >= 4 is 16.9 Å². The molecule has 10 heteroatoms. The summed E-state index contributed by atoms with van der Waals surface area (Å²) in [6, 6.07) is 14.7. The first kappa shape index (κ1) is 37.8. The molecule has 0 bridgehead atoms. The van der Waals surface area contributed by atoms with Crippen LogP contribution in [0.1, 0.15) is 69.7 Å². The van der Waals surface area contributed by atoms with E-state index in [1.165, 1.54) is 5.56 Å². The summed E-state index contributed by atoms with van der Waals surface area (Å²) in [5, 5.41) is 1.43. The quantitative estimate of drug-likeness (QED) is 0.147. The first-order valence-corrected chi connectivity index (χ1v) is 18.1. The zero-order valence-electron chi connectivity index (χ0n) is 31.7. The molecule has 2 aromatic carbocycles. The van der Waals surface area contributed by atoms with Crippen LogP contribution < -0.4 is 15.0 Å². The van der Waals surface area contributed by atoms with Gasteiger partial charge in [0.25, 0.3) is 5.56 Å². The number of aryl methyl sites for hydroxylation is 2. The molecule has 1 amide bonds. The number of carbonyl (C=O) groups excluding carboxylic acids is 1. The molecule has 1 aliphatic rings. The maximum absolute atomic E-state index is 12.8. The van der Waals surface area contributed by atoms with E-state index in [0.29, 0.717) is 5.39 Å². The minimum atomic E-state index is -0.519. The van der Waals surface area contributed by atoms with Gasteiger partial charge in [0.1, 0.15) is 17.1 Å². The molecule has 10 nitrogen and oxygen atoms in total. The van der Waals surface area contributed by atoms with Crippen LogP contribution in [0.15, 0.2) is 65.8 Å². The normalized spacial score (nSPS) is 14.7. The summed E-state index contributed by atoms with van der Waals surface area (Å²) in [6.45, 7) is 13.6. The molecular formula is C41H55N5O5. The van der Waals surface area contributed by atoms with Gasteiger partial charge in [0.2, 0.25) is 0 Å². The van der Waals surface area contributed by atoms with Crippen LogP contribution in [0.2, 0.25) is 0 Å². The molecule has 0 aliphatic carbocycles. The highest BCUT2D eigenvalue weighted by Crippen LogP contribution is 2.38. The molecule has 0 saturated carbocycles. The predicted octanol–water partition coefficient (Wildman–Crippen LogP) is 7.08. The largest absolute Gasteiger partial charge is 0.496 e. The van der Waals surface area contributed by atoms with E-state index in [1.54, 1.807) is 43.1 Å². The molecule has 5 rings (SSSR count). The summed E-state index contributed by atoms with van der Waals surface area (Å²) in [6.07, 6.45) is 8.89. The number of methoxy groups -OCH3 is 2. The fourth-order valence-electron chi connectivity index (χ4n) is 6.96. The second kappa shape index (κ2) is 16.7. The van der Waals surface area contributed by atoms with Crippen LogP contribution in [0, 0.1) is 0 Å². The van der Waals surface area contributed by atoms with E-state index in [1.807, 2.05) is 52.2 Å². The number of pyridine rings is 2. The topological polar surface area (TPSA) is 89.4 Å². The van der Waals surface area contributed by atoms with Crippen molar-refractivity contribution in [1.29, 1.82) is 0 Å². The van der Waals surface area contributed by atoms with Crippen molar-refractivity contribution in [3.8, 4) is 22.6 Å². The van der Waals surface area contributed by atoms with E-state index in [-0.39, 0.29) is 17.7 Å². The highest BCUT2D eigenvalue weighted by molar-refractivity contribution is 5.95. The molecule has 1 atom stereocenters. The Bertz CT molecular complexity index is 1820. The highest BCUT2D eigenvalue weighted by Gasteiger charge is 2.26. The Balaban J connectivity index is 1.16. The van der Waals surface area contributed by atoms with E-state index in [9.17, 15) is 9.59 Å². The zero-order valence-corrected chi connectivity index (χ0v) is 31.7. The van der Waals surface area contributed by atoms with Gasteiger partial charge >= 0.3 is 6.09 Å². The smallest absolute Gasteiger partial charge is 0.410 e. The lowest BCUT2D eigenvalue weighted by atomic mass is 9.98. The summed E-state index contributed by atoms with van der Waals surface area (Å²) in [5.41, 5.74) is 4.74. The number of fused-ring (bicyclic) bond motifs is 1. The number of piperazine rings is 1. The Morgan fingerprint density at radius 1 is 0.961 bits per heavy atom. The molecule has 1 saturated heterocycles. The van der Waals surface area contributed by atoms with E-state index in [0.717, 1.165) is 104 Å². The van der Waals surface area contributed by atoms with E-state index >= 15 is 0 Å². The van der Waals surface area contributed by atoms with E-state index in [2.05, 4.69) is 46.0 Å². The zero-order chi connectivity index (χ0) is 36.7. The number of rotatable bonds is 13. The second-order valence-corrected chi connectivity index (χ2v) is 14.6. The lowest BCUT2D eigenvalue weighted by Gasteiger charge is -2.35. The molecular weight excluding hydrogens is 642 g/mol. The van der Waals surface area contributed by atoms with Crippen LogP contribution in [0.3, 0.4) is 0 Å². The molecule has 274 valence electrons. The minimum Gasteiger partial charge on any atom is -0.496 e. The second-order valence-electron chi connectivity index (χ2n) is 14.6. The van der Waals surface area contributed by atoms with Crippen molar-refractivity contribution in [2.75, 3.05) is 54.0 Å². The molecule has 3 heterocycles. The number of ether oxygens (including phenoxy) is 3. The number of carbonyl (C=O) groups is 1. The fourth-order valence-corrected chi connectivity index (χ4v) is 6.96. The number of amides is 1. The first-order chi connectivity index (χ1) is 24.4. The fraction of sp³-hybridized carbons (Fsp3) is 0.488. The Labute approximate surface area is 302 Å². The van der Waals surface area contributed by atoms with Gasteiger partial charge in [0.15, 0.2) is 0 Å². The van der Waals surface area contributed by atoms with Crippen molar-refractivity contribution in [2.24, 2.45) is 7.05 Å². The molecule has 4 aromatic rings. The molecule has 0 radical (unpaired) electrons. The number of hydrogen-bond acceptors (Lipinski definition) is 8. The molecule has 0 N–H and O–H groups in total.